The third kappa shape index (κ3) is 3.65. The first kappa shape index (κ1) is 19.0. The largest absolute Gasteiger partial charge is 0.310 e. The molecule has 4 rings (SSSR count). The summed E-state index contributed by atoms with van der Waals surface area (Å²) in [6, 6.07) is 36.2. The minimum Gasteiger partial charge on any atom is -0.310 e. The summed E-state index contributed by atoms with van der Waals surface area (Å²) in [5, 5.41) is 18.8. The van der Waals surface area contributed by atoms with Gasteiger partial charge in [0.2, 0.25) is 0 Å². The van der Waals surface area contributed by atoms with E-state index in [0.717, 1.165) is 33.8 Å². The summed E-state index contributed by atoms with van der Waals surface area (Å²) in [6.45, 7) is 2.03. The summed E-state index contributed by atoms with van der Waals surface area (Å²) in [5.41, 5.74) is 7.05. The highest BCUT2D eigenvalue weighted by molar-refractivity contribution is 5.81. The molecule has 4 aromatic carbocycles. The van der Waals surface area contributed by atoms with E-state index in [2.05, 4.69) is 53.4 Å². The number of para-hydroxylation sites is 2. The second-order valence-electron chi connectivity index (χ2n) is 6.99. The molecule has 0 N–H and O–H groups in total. The molecule has 4 aromatic rings. The highest BCUT2D eigenvalue weighted by Gasteiger charge is 2.15. The van der Waals surface area contributed by atoms with Gasteiger partial charge < -0.3 is 4.90 Å². The van der Waals surface area contributed by atoms with E-state index in [1.165, 1.54) is 0 Å². The standard InChI is InChI=1S/C27H19N3/c1-20-16-25(14-15-26(20)27-17-21(18-28)12-13-22(27)19-29)30(23-8-4-2-5-9-23)24-10-6-3-7-11-24/h2-17H,1H3. The van der Waals surface area contributed by atoms with E-state index in [1.54, 1.807) is 18.2 Å². The predicted octanol–water partition coefficient (Wildman–Crippen LogP) is 6.88. The fourth-order valence-corrected chi connectivity index (χ4v) is 3.62. The minimum atomic E-state index is 0.544. The van der Waals surface area contributed by atoms with Gasteiger partial charge in [0, 0.05) is 22.6 Å². The molecule has 0 spiro atoms. The first-order valence-corrected chi connectivity index (χ1v) is 9.67. The molecule has 0 amide bonds. The third-order valence-corrected chi connectivity index (χ3v) is 5.06. The lowest BCUT2D eigenvalue weighted by atomic mass is 9.94. The predicted molar refractivity (Wildman–Crippen MR) is 121 cm³/mol. The first-order chi connectivity index (χ1) is 14.7. The molecular weight excluding hydrogens is 366 g/mol. The van der Waals surface area contributed by atoms with E-state index in [-0.39, 0.29) is 0 Å². The molecule has 3 heteroatoms. The molecule has 0 heterocycles. The number of hydrogen-bond donors (Lipinski definition) is 0. The van der Waals surface area contributed by atoms with E-state index in [4.69, 9.17) is 0 Å². The minimum absolute atomic E-state index is 0.544. The van der Waals surface area contributed by atoms with E-state index in [0.29, 0.717) is 11.1 Å². The van der Waals surface area contributed by atoms with E-state index in [1.807, 2.05) is 49.4 Å². The number of nitrogens with zero attached hydrogens (tertiary/aromatic N) is 3. The molecule has 0 bridgehead atoms. The van der Waals surface area contributed by atoms with Crippen molar-refractivity contribution < 1.29 is 0 Å². The molecule has 142 valence electrons. The van der Waals surface area contributed by atoms with Crippen LogP contribution in [0.2, 0.25) is 0 Å². The van der Waals surface area contributed by atoms with Crippen molar-refractivity contribution in [3.8, 4) is 23.3 Å². The van der Waals surface area contributed by atoms with Crippen molar-refractivity contribution in [1.29, 1.82) is 10.5 Å². The quantitative estimate of drug-likeness (QED) is 0.385. The van der Waals surface area contributed by atoms with Gasteiger partial charge in [-0.25, -0.2) is 0 Å². The molecule has 3 nitrogen and oxygen atoms in total. The lowest BCUT2D eigenvalue weighted by Crippen LogP contribution is -2.10. The van der Waals surface area contributed by atoms with E-state index >= 15 is 0 Å². The molecule has 0 unspecified atom stereocenters. The summed E-state index contributed by atoms with van der Waals surface area (Å²) in [5.74, 6) is 0. The number of hydrogen-bond acceptors (Lipinski definition) is 3. The van der Waals surface area contributed by atoms with Crippen LogP contribution >= 0.6 is 0 Å². The van der Waals surface area contributed by atoms with Gasteiger partial charge in [-0.2, -0.15) is 10.5 Å². The third-order valence-electron chi connectivity index (χ3n) is 5.06. The van der Waals surface area contributed by atoms with Crippen LogP contribution in [0.15, 0.2) is 97.1 Å². The van der Waals surface area contributed by atoms with Gasteiger partial charge in [-0.15, -0.1) is 0 Å². The Labute approximate surface area is 176 Å². The molecule has 0 fully saturated rings. The molecule has 0 saturated carbocycles. The van der Waals surface area contributed by atoms with Crippen LogP contribution in [0.4, 0.5) is 17.1 Å². The van der Waals surface area contributed by atoms with Crippen LogP contribution < -0.4 is 4.90 Å². The Morgan fingerprint density at radius 1 is 0.600 bits per heavy atom. The highest BCUT2D eigenvalue weighted by atomic mass is 15.1. The Morgan fingerprint density at radius 3 is 1.77 bits per heavy atom. The Morgan fingerprint density at radius 2 is 1.23 bits per heavy atom. The molecule has 30 heavy (non-hydrogen) atoms. The van der Waals surface area contributed by atoms with Gasteiger partial charge in [0.25, 0.3) is 0 Å². The molecular formula is C27H19N3. The maximum absolute atomic E-state index is 9.53. The van der Waals surface area contributed by atoms with Gasteiger partial charge in [-0.05, 0) is 72.6 Å². The normalized spacial score (nSPS) is 10.1. The molecule has 0 saturated heterocycles. The lowest BCUT2D eigenvalue weighted by molar-refractivity contribution is 1.27. The zero-order valence-electron chi connectivity index (χ0n) is 16.6. The van der Waals surface area contributed by atoms with Gasteiger partial charge in [0.1, 0.15) is 0 Å². The number of nitriles is 2. The maximum atomic E-state index is 9.53. The van der Waals surface area contributed by atoms with Crippen molar-refractivity contribution in [2.75, 3.05) is 4.90 Å². The SMILES string of the molecule is Cc1cc(N(c2ccccc2)c2ccccc2)ccc1-c1cc(C#N)ccc1C#N. The Balaban J connectivity index is 1.84. The van der Waals surface area contributed by atoms with Crippen molar-refractivity contribution in [3.63, 3.8) is 0 Å². The van der Waals surface area contributed by atoms with Gasteiger partial charge in [0.05, 0.1) is 23.3 Å². The van der Waals surface area contributed by atoms with Gasteiger partial charge in [-0.3, -0.25) is 0 Å². The number of benzene rings is 4. The summed E-state index contributed by atoms with van der Waals surface area (Å²) in [7, 11) is 0. The zero-order chi connectivity index (χ0) is 20.9. The monoisotopic (exact) mass is 385 g/mol. The Bertz CT molecular complexity index is 1220. The Kier molecular flexibility index (Phi) is 5.29. The fraction of sp³-hybridized carbons (Fsp3) is 0.0370. The molecule has 0 atom stereocenters. The molecule has 0 aliphatic carbocycles. The molecule has 0 aromatic heterocycles. The van der Waals surface area contributed by atoms with Crippen molar-refractivity contribution in [2.24, 2.45) is 0 Å². The van der Waals surface area contributed by atoms with Crippen LogP contribution in [-0.2, 0) is 0 Å². The first-order valence-electron chi connectivity index (χ1n) is 9.67. The summed E-state index contributed by atoms with van der Waals surface area (Å²) in [6.07, 6.45) is 0. The van der Waals surface area contributed by atoms with E-state index in [9.17, 15) is 10.5 Å². The van der Waals surface area contributed by atoms with Crippen molar-refractivity contribution in [1.82, 2.24) is 0 Å². The zero-order valence-corrected chi connectivity index (χ0v) is 16.6. The van der Waals surface area contributed by atoms with Crippen LogP contribution in [0.3, 0.4) is 0 Å². The number of rotatable bonds is 4. The average Bonchev–Trinajstić information content (AvgIpc) is 2.80. The van der Waals surface area contributed by atoms with Gasteiger partial charge in [0.15, 0.2) is 0 Å². The number of anilines is 3. The summed E-state index contributed by atoms with van der Waals surface area (Å²) < 4.78 is 0. The topological polar surface area (TPSA) is 50.8 Å². The average molecular weight is 385 g/mol. The van der Waals surface area contributed by atoms with Crippen molar-refractivity contribution in [2.45, 2.75) is 6.92 Å². The lowest BCUT2D eigenvalue weighted by Gasteiger charge is -2.26. The second-order valence-corrected chi connectivity index (χ2v) is 6.99. The fourth-order valence-electron chi connectivity index (χ4n) is 3.62. The van der Waals surface area contributed by atoms with Crippen molar-refractivity contribution in [3.05, 3.63) is 114 Å². The van der Waals surface area contributed by atoms with Crippen molar-refractivity contribution >= 4 is 17.1 Å². The van der Waals surface area contributed by atoms with Crippen LogP contribution in [0.25, 0.3) is 11.1 Å². The molecule has 0 aliphatic rings. The second kappa shape index (κ2) is 8.35. The van der Waals surface area contributed by atoms with Crippen LogP contribution in [0.1, 0.15) is 16.7 Å². The molecule has 0 aliphatic heterocycles. The smallest absolute Gasteiger partial charge is 0.0998 e. The maximum Gasteiger partial charge on any atom is 0.0998 e. The van der Waals surface area contributed by atoms with Crippen LogP contribution in [0.5, 0.6) is 0 Å². The summed E-state index contributed by atoms with van der Waals surface area (Å²) >= 11 is 0. The van der Waals surface area contributed by atoms with Gasteiger partial charge >= 0.3 is 0 Å². The summed E-state index contributed by atoms with van der Waals surface area (Å²) in [4.78, 5) is 2.20. The van der Waals surface area contributed by atoms with E-state index < -0.39 is 0 Å². The number of aryl methyl sites for hydroxylation is 1. The Hall–Kier alpha value is -4.34. The van der Waals surface area contributed by atoms with Crippen LogP contribution in [-0.4, -0.2) is 0 Å². The molecule has 0 radical (unpaired) electrons. The van der Waals surface area contributed by atoms with Crippen LogP contribution in [0, 0.1) is 29.6 Å². The highest BCUT2D eigenvalue weighted by Crippen LogP contribution is 2.37. The van der Waals surface area contributed by atoms with Gasteiger partial charge in [-0.1, -0.05) is 42.5 Å².